The van der Waals surface area contributed by atoms with E-state index in [1.807, 2.05) is 0 Å². The van der Waals surface area contributed by atoms with Crippen molar-refractivity contribution in [3.63, 3.8) is 0 Å². The van der Waals surface area contributed by atoms with Gasteiger partial charge in [-0.25, -0.2) is 4.57 Å². The van der Waals surface area contributed by atoms with Gasteiger partial charge < -0.3 is 40.4 Å². The molecule has 0 aromatic rings. The van der Waals surface area contributed by atoms with Crippen LogP contribution in [-0.2, 0) is 9.09 Å². The fraction of sp³-hybridized carbons (Fsp3) is 1.00. The Labute approximate surface area is 95.6 Å². The molecule has 0 amide bonds. The van der Waals surface area contributed by atoms with E-state index < -0.39 is 45.1 Å². The minimum atomic E-state index is -5.09. The van der Waals surface area contributed by atoms with Gasteiger partial charge in [0.2, 0.25) is 0 Å². The van der Waals surface area contributed by atoms with Gasteiger partial charge in [-0.15, -0.1) is 0 Å². The second-order valence-electron chi connectivity index (χ2n) is 3.21. The van der Waals surface area contributed by atoms with E-state index in [1.165, 1.54) is 0 Å². The molecule has 11 heteroatoms. The van der Waals surface area contributed by atoms with Crippen molar-refractivity contribution < 1.29 is 49.5 Å². The van der Waals surface area contributed by atoms with Crippen molar-refractivity contribution in [3.05, 3.63) is 0 Å². The molecule has 0 bridgehead atoms. The van der Waals surface area contributed by atoms with Crippen LogP contribution in [-0.4, -0.2) is 77.7 Å². The SMILES string of the molecule is O=P(O)(O)OC(O)[C@H](O)[C@@H](O)[C@H](O)[C@@H](O)CO. The number of phosphoric acid groups is 1. The molecule has 0 heterocycles. The van der Waals surface area contributed by atoms with E-state index in [2.05, 4.69) is 4.52 Å². The first-order valence-corrected chi connectivity index (χ1v) is 5.88. The van der Waals surface area contributed by atoms with Gasteiger partial charge in [0.25, 0.3) is 0 Å². The van der Waals surface area contributed by atoms with Crippen molar-refractivity contribution in [2.75, 3.05) is 6.61 Å². The molecule has 8 N–H and O–H groups in total. The average Bonchev–Trinajstić information content (AvgIpc) is 2.22. The Morgan fingerprint density at radius 1 is 0.941 bits per heavy atom. The molecule has 0 aliphatic rings. The second kappa shape index (κ2) is 6.71. The maximum atomic E-state index is 10.3. The van der Waals surface area contributed by atoms with Gasteiger partial charge in [-0.2, -0.15) is 0 Å². The van der Waals surface area contributed by atoms with Gasteiger partial charge in [-0.1, -0.05) is 0 Å². The number of aliphatic hydroxyl groups excluding tert-OH is 6. The zero-order valence-corrected chi connectivity index (χ0v) is 9.33. The van der Waals surface area contributed by atoms with E-state index in [4.69, 9.17) is 35.3 Å². The molecule has 0 saturated heterocycles. The lowest BCUT2D eigenvalue weighted by Gasteiger charge is -2.28. The first-order chi connectivity index (χ1) is 7.60. The van der Waals surface area contributed by atoms with E-state index in [0.29, 0.717) is 0 Å². The van der Waals surface area contributed by atoms with Gasteiger partial charge in [0.15, 0.2) is 6.29 Å². The van der Waals surface area contributed by atoms with Gasteiger partial charge in [0, 0.05) is 0 Å². The molecule has 104 valence electrons. The van der Waals surface area contributed by atoms with Gasteiger partial charge in [-0.3, -0.25) is 4.52 Å². The minimum absolute atomic E-state index is 0.930. The molecular formula is C6H15O10P. The quantitative estimate of drug-likeness (QED) is 0.168. The summed E-state index contributed by atoms with van der Waals surface area (Å²) in [6, 6.07) is 0. The van der Waals surface area contributed by atoms with E-state index in [-0.39, 0.29) is 0 Å². The van der Waals surface area contributed by atoms with E-state index in [1.54, 1.807) is 0 Å². The highest BCUT2D eigenvalue weighted by molar-refractivity contribution is 7.46. The average molecular weight is 278 g/mol. The molecule has 0 aliphatic carbocycles. The predicted octanol–water partition coefficient (Wildman–Crippen LogP) is -4.15. The number of rotatable bonds is 7. The monoisotopic (exact) mass is 278 g/mol. The molecule has 0 saturated carbocycles. The molecule has 0 radical (unpaired) electrons. The first-order valence-electron chi connectivity index (χ1n) is 4.35. The molecule has 17 heavy (non-hydrogen) atoms. The molecule has 5 atom stereocenters. The van der Waals surface area contributed by atoms with Crippen LogP contribution in [0.15, 0.2) is 0 Å². The largest absolute Gasteiger partial charge is 0.472 e. The third kappa shape index (κ3) is 5.84. The summed E-state index contributed by atoms with van der Waals surface area (Å²) >= 11 is 0. The van der Waals surface area contributed by atoms with Crippen molar-refractivity contribution >= 4 is 7.82 Å². The van der Waals surface area contributed by atoms with Crippen LogP contribution in [0.25, 0.3) is 0 Å². The minimum Gasteiger partial charge on any atom is -0.394 e. The molecule has 0 rings (SSSR count). The highest BCUT2D eigenvalue weighted by Crippen LogP contribution is 2.37. The Balaban J connectivity index is 4.48. The molecule has 0 aromatic heterocycles. The molecule has 0 spiro atoms. The van der Waals surface area contributed by atoms with Crippen molar-refractivity contribution in [3.8, 4) is 0 Å². The van der Waals surface area contributed by atoms with E-state index in [0.717, 1.165) is 0 Å². The third-order valence-electron chi connectivity index (χ3n) is 1.82. The summed E-state index contributed by atoms with van der Waals surface area (Å²) < 4.78 is 13.9. The topological polar surface area (TPSA) is 188 Å². The van der Waals surface area contributed by atoms with Crippen LogP contribution in [0.4, 0.5) is 0 Å². The normalized spacial score (nSPS) is 21.6. The fourth-order valence-electron chi connectivity index (χ4n) is 0.909. The second-order valence-corrected chi connectivity index (χ2v) is 4.40. The zero-order chi connectivity index (χ0) is 13.8. The third-order valence-corrected chi connectivity index (χ3v) is 2.31. The van der Waals surface area contributed by atoms with Gasteiger partial charge in [0.1, 0.15) is 24.4 Å². The Hall–Kier alpha value is -0.130. The summed E-state index contributed by atoms with van der Waals surface area (Å²) in [5, 5.41) is 53.8. The van der Waals surface area contributed by atoms with Gasteiger partial charge in [0.05, 0.1) is 6.61 Å². The van der Waals surface area contributed by atoms with Crippen LogP contribution >= 0.6 is 7.82 Å². The van der Waals surface area contributed by atoms with Crippen molar-refractivity contribution in [2.24, 2.45) is 0 Å². The van der Waals surface area contributed by atoms with Gasteiger partial charge in [-0.05, 0) is 0 Å². The fourth-order valence-corrected chi connectivity index (χ4v) is 1.32. The van der Waals surface area contributed by atoms with Crippen molar-refractivity contribution in [1.29, 1.82) is 0 Å². The molecule has 0 aromatic carbocycles. The molecule has 1 unspecified atom stereocenters. The Bertz CT molecular complexity index is 266. The van der Waals surface area contributed by atoms with Crippen molar-refractivity contribution in [2.45, 2.75) is 30.7 Å². The van der Waals surface area contributed by atoms with Crippen LogP contribution in [0.3, 0.4) is 0 Å². The number of hydrogen-bond acceptors (Lipinski definition) is 8. The Morgan fingerprint density at radius 3 is 1.76 bits per heavy atom. The lowest BCUT2D eigenvalue weighted by atomic mass is 10.0. The zero-order valence-electron chi connectivity index (χ0n) is 8.44. The number of aliphatic hydroxyl groups is 6. The van der Waals surface area contributed by atoms with Crippen LogP contribution in [0.5, 0.6) is 0 Å². The standard InChI is InChI=1S/C6H15O10P/c7-1-2(8)3(9)4(10)5(11)6(12)16-17(13,14)15/h2-12H,1H2,(H2,13,14,15)/t2-,3+,4-,5+,6?/m0/s1. The van der Waals surface area contributed by atoms with Crippen LogP contribution in [0.2, 0.25) is 0 Å². The van der Waals surface area contributed by atoms with Crippen LogP contribution < -0.4 is 0 Å². The Morgan fingerprint density at radius 2 is 1.41 bits per heavy atom. The van der Waals surface area contributed by atoms with Crippen molar-refractivity contribution in [1.82, 2.24) is 0 Å². The summed E-state index contributed by atoms with van der Waals surface area (Å²) in [6.07, 6.45) is -10.8. The lowest BCUT2D eigenvalue weighted by molar-refractivity contribution is -0.185. The summed E-state index contributed by atoms with van der Waals surface area (Å²) in [5.74, 6) is 0. The maximum absolute atomic E-state index is 10.3. The number of hydrogen-bond donors (Lipinski definition) is 8. The van der Waals surface area contributed by atoms with E-state index in [9.17, 15) is 9.67 Å². The van der Waals surface area contributed by atoms with Gasteiger partial charge >= 0.3 is 7.82 Å². The summed E-state index contributed by atoms with van der Waals surface area (Å²) in [6.45, 7) is -0.930. The van der Waals surface area contributed by atoms with Crippen LogP contribution in [0.1, 0.15) is 0 Å². The Kier molecular flexibility index (Phi) is 6.66. The summed E-state index contributed by atoms with van der Waals surface area (Å²) in [7, 11) is -5.09. The molecule has 10 nitrogen and oxygen atoms in total. The van der Waals surface area contributed by atoms with Crippen LogP contribution in [0, 0.1) is 0 Å². The molecular weight excluding hydrogens is 263 g/mol. The highest BCUT2D eigenvalue weighted by Gasteiger charge is 2.37. The first kappa shape index (κ1) is 16.9. The van der Waals surface area contributed by atoms with E-state index >= 15 is 0 Å². The number of phosphoric ester groups is 1. The predicted molar refractivity (Wildman–Crippen MR) is 50.2 cm³/mol. The molecule has 0 fully saturated rings. The molecule has 0 aliphatic heterocycles. The summed E-state index contributed by atoms with van der Waals surface area (Å²) in [4.78, 5) is 16.6. The summed E-state index contributed by atoms with van der Waals surface area (Å²) in [5.41, 5.74) is 0. The maximum Gasteiger partial charge on any atom is 0.472 e. The lowest BCUT2D eigenvalue weighted by Crippen LogP contribution is -2.50. The smallest absolute Gasteiger partial charge is 0.394 e. The highest BCUT2D eigenvalue weighted by atomic mass is 31.2.